The van der Waals surface area contributed by atoms with Gasteiger partial charge in [0.05, 0.1) is 0 Å². The second kappa shape index (κ2) is 4.29. The molecule has 0 spiro atoms. The lowest BCUT2D eigenvalue weighted by Crippen LogP contribution is -1.92. The molecule has 0 amide bonds. The first-order chi connectivity index (χ1) is 7.11. The fourth-order valence-electron chi connectivity index (χ4n) is 1.10. The van der Waals surface area contributed by atoms with Gasteiger partial charge in [-0.1, -0.05) is 46.6 Å². The van der Waals surface area contributed by atoms with E-state index in [1.54, 1.807) is 6.07 Å². The van der Waals surface area contributed by atoms with Crippen LogP contribution in [0.2, 0.25) is 15.5 Å². The first-order valence-corrected chi connectivity index (χ1v) is 6.21. The van der Waals surface area contributed by atoms with Crippen molar-refractivity contribution in [3.8, 4) is 0 Å². The molecule has 2 aromatic rings. The predicted molar refractivity (Wildman–Crippen MR) is 64.1 cm³/mol. The molecule has 0 fully saturated rings. The van der Waals surface area contributed by atoms with Crippen LogP contribution in [0.4, 0.5) is 0 Å². The zero-order valence-electron chi connectivity index (χ0n) is 7.46. The minimum absolute atomic E-state index is 0.233. The van der Waals surface area contributed by atoms with Crippen LogP contribution >= 0.6 is 46.6 Å². The van der Waals surface area contributed by atoms with E-state index < -0.39 is 0 Å². The molecular weight excluding hydrogens is 277 g/mol. The average Bonchev–Trinajstić information content (AvgIpc) is 2.19. The Morgan fingerprint density at radius 3 is 2.47 bits per heavy atom. The maximum atomic E-state index is 5.98. The van der Waals surface area contributed by atoms with E-state index in [-0.39, 0.29) is 10.3 Å². The summed E-state index contributed by atoms with van der Waals surface area (Å²) in [6.45, 7) is 0. The molecule has 0 aromatic carbocycles. The van der Waals surface area contributed by atoms with Crippen molar-refractivity contribution in [3.63, 3.8) is 0 Å². The first kappa shape index (κ1) is 11.2. The Balaban J connectivity index is 2.85. The summed E-state index contributed by atoms with van der Waals surface area (Å²) < 4.78 is 0. The van der Waals surface area contributed by atoms with Gasteiger partial charge in [-0.25, -0.2) is 15.0 Å². The van der Waals surface area contributed by atoms with Crippen molar-refractivity contribution in [3.05, 3.63) is 21.5 Å². The third kappa shape index (κ3) is 2.13. The summed E-state index contributed by atoms with van der Waals surface area (Å²) in [7, 11) is 0. The second-order valence-electron chi connectivity index (χ2n) is 2.63. The normalized spacial score (nSPS) is 10.9. The molecule has 0 unspecified atom stereocenters. The van der Waals surface area contributed by atoms with Gasteiger partial charge in [0.1, 0.15) is 15.8 Å². The lowest BCUT2D eigenvalue weighted by atomic mass is 10.3. The molecule has 15 heavy (non-hydrogen) atoms. The van der Waals surface area contributed by atoms with Gasteiger partial charge in [-0.15, -0.1) is 0 Å². The highest BCUT2D eigenvalue weighted by Crippen LogP contribution is 2.29. The fraction of sp³-hybridized carbons (Fsp3) is 0.125. The van der Waals surface area contributed by atoms with E-state index in [0.29, 0.717) is 21.2 Å². The van der Waals surface area contributed by atoms with Crippen LogP contribution in [0.1, 0.15) is 0 Å². The van der Waals surface area contributed by atoms with E-state index in [0.717, 1.165) is 0 Å². The van der Waals surface area contributed by atoms with E-state index in [4.69, 9.17) is 34.8 Å². The number of pyridine rings is 1. The Morgan fingerprint density at radius 1 is 1.07 bits per heavy atom. The zero-order valence-corrected chi connectivity index (χ0v) is 10.5. The van der Waals surface area contributed by atoms with Crippen molar-refractivity contribution in [2.45, 2.75) is 5.16 Å². The van der Waals surface area contributed by atoms with Crippen molar-refractivity contribution in [2.24, 2.45) is 0 Å². The van der Waals surface area contributed by atoms with Crippen molar-refractivity contribution in [1.82, 2.24) is 15.0 Å². The van der Waals surface area contributed by atoms with Crippen molar-refractivity contribution in [2.75, 3.05) is 6.26 Å². The predicted octanol–water partition coefficient (Wildman–Crippen LogP) is 3.71. The molecular formula is C8H4Cl3N3S. The van der Waals surface area contributed by atoms with Crippen LogP contribution in [0.3, 0.4) is 0 Å². The summed E-state index contributed by atoms with van der Waals surface area (Å²) in [6.07, 6.45) is 1.86. The Morgan fingerprint density at radius 2 is 1.80 bits per heavy atom. The third-order valence-corrected chi connectivity index (χ3v) is 3.02. The Bertz CT molecular complexity index is 532. The van der Waals surface area contributed by atoms with Gasteiger partial charge in [-0.2, -0.15) is 0 Å². The smallest absolute Gasteiger partial charge is 0.189 e. The van der Waals surface area contributed by atoms with Crippen LogP contribution in [0.5, 0.6) is 0 Å². The van der Waals surface area contributed by atoms with E-state index in [2.05, 4.69) is 15.0 Å². The Kier molecular flexibility index (Phi) is 3.21. The van der Waals surface area contributed by atoms with Crippen molar-refractivity contribution >= 4 is 57.5 Å². The molecule has 0 aliphatic rings. The molecule has 78 valence electrons. The molecule has 7 heteroatoms. The zero-order chi connectivity index (χ0) is 11.0. The molecule has 0 saturated heterocycles. The van der Waals surface area contributed by atoms with Gasteiger partial charge in [0.2, 0.25) is 0 Å². The van der Waals surface area contributed by atoms with Gasteiger partial charge in [0.15, 0.2) is 10.3 Å². The van der Waals surface area contributed by atoms with Gasteiger partial charge in [0.25, 0.3) is 0 Å². The minimum atomic E-state index is 0.233. The molecule has 0 radical (unpaired) electrons. The highest BCUT2D eigenvalue weighted by molar-refractivity contribution is 7.98. The molecule has 0 aliphatic heterocycles. The minimum Gasteiger partial charge on any atom is -0.222 e. The molecule has 0 atom stereocenters. The fourth-order valence-corrected chi connectivity index (χ4v) is 2.21. The van der Waals surface area contributed by atoms with Crippen LogP contribution in [0.25, 0.3) is 10.9 Å². The molecule has 2 heterocycles. The van der Waals surface area contributed by atoms with Crippen LogP contribution in [-0.4, -0.2) is 21.2 Å². The van der Waals surface area contributed by atoms with E-state index >= 15 is 0 Å². The standard InChI is InChI=1S/C8H4Cl3N3S/c1-15-8-13-5-3(6(10)14-8)2-4(9)12-7(5)11/h2H,1H3. The summed E-state index contributed by atoms with van der Waals surface area (Å²) in [5, 5.41) is 2.00. The number of thioether (sulfide) groups is 1. The molecule has 3 nitrogen and oxygen atoms in total. The topological polar surface area (TPSA) is 38.7 Å². The summed E-state index contributed by atoms with van der Waals surface area (Å²) >= 11 is 19.0. The summed E-state index contributed by atoms with van der Waals surface area (Å²) in [5.74, 6) is 0. The van der Waals surface area contributed by atoms with Crippen LogP contribution < -0.4 is 0 Å². The highest BCUT2D eigenvalue weighted by Gasteiger charge is 2.10. The first-order valence-electron chi connectivity index (χ1n) is 3.85. The summed E-state index contributed by atoms with van der Waals surface area (Å²) in [4.78, 5) is 12.2. The molecule has 0 N–H and O–H groups in total. The lowest BCUT2D eigenvalue weighted by molar-refractivity contribution is 1.00. The van der Waals surface area contributed by atoms with Gasteiger partial charge >= 0.3 is 0 Å². The lowest BCUT2D eigenvalue weighted by Gasteiger charge is -2.03. The van der Waals surface area contributed by atoms with Gasteiger partial charge < -0.3 is 0 Å². The number of hydrogen-bond donors (Lipinski definition) is 0. The SMILES string of the molecule is CSc1nc(Cl)c2cc(Cl)nc(Cl)c2n1. The monoisotopic (exact) mass is 279 g/mol. The van der Waals surface area contributed by atoms with Crippen LogP contribution in [0.15, 0.2) is 11.2 Å². The van der Waals surface area contributed by atoms with Crippen molar-refractivity contribution in [1.29, 1.82) is 0 Å². The number of halogens is 3. The molecule has 0 bridgehead atoms. The number of rotatable bonds is 1. The van der Waals surface area contributed by atoms with Crippen LogP contribution in [-0.2, 0) is 0 Å². The number of fused-ring (bicyclic) bond motifs is 1. The van der Waals surface area contributed by atoms with E-state index in [9.17, 15) is 0 Å². The molecule has 2 aromatic heterocycles. The number of nitrogens with zero attached hydrogens (tertiary/aromatic N) is 3. The largest absolute Gasteiger partial charge is 0.222 e. The maximum absolute atomic E-state index is 5.98. The van der Waals surface area contributed by atoms with E-state index in [1.165, 1.54) is 11.8 Å². The maximum Gasteiger partial charge on any atom is 0.189 e. The van der Waals surface area contributed by atoms with Crippen molar-refractivity contribution < 1.29 is 0 Å². The second-order valence-corrected chi connectivity index (χ2v) is 4.51. The molecule has 0 saturated carbocycles. The third-order valence-electron chi connectivity index (χ3n) is 1.73. The quantitative estimate of drug-likeness (QED) is 0.345. The van der Waals surface area contributed by atoms with Gasteiger partial charge in [-0.05, 0) is 12.3 Å². The number of hydrogen-bond acceptors (Lipinski definition) is 4. The van der Waals surface area contributed by atoms with Crippen LogP contribution in [0, 0.1) is 0 Å². The molecule has 2 rings (SSSR count). The molecule has 0 aliphatic carbocycles. The summed E-state index contributed by atoms with van der Waals surface area (Å²) in [6, 6.07) is 1.59. The Labute approximate surface area is 105 Å². The average molecular weight is 281 g/mol. The Hall–Kier alpha value is -0.290. The summed E-state index contributed by atoms with van der Waals surface area (Å²) in [5.41, 5.74) is 0.519. The number of aromatic nitrogens is 3. The van der Waals surface area contributed by atoms with Gasteiger partial charge in [0, 0.05) is 5.39 Å². The highest BCUT2D eigenvalue weighted by atomic mass is 35.5. The van der Waals surface area contributed by atoms with Gasteiger partial charge in [-0.3, -0.25) is 0 Å². The van der Waals surface area contributed by atoms with E-state index in [1.807, 2.05) is 6.26 Å².